The molecule has 0 spiro atoms. The number of hydrogen-bond acceptors (Lipinski definition) is 4. The third-order valence-corrected chi connectivity index (χ3v) is 4.88. The van der Waals surface area contributed by atoms with E-state index >= 15 is 0 Å². The lowest BCUT2D eigenvalue weighted by atomic mass is 9.96. The van der Waals surface area contributed by atoms with Crippen LogP contribution in [-0.2, 0) is 4.79 Å². The van der Waals surface area contributed by atoms with Gasteiger partial charge in [-0.05, 0) is 62.2 Å². The third kappa shape index (κ3) is 4.49. The number of nitrogens with one attached hydrogen (secondary N) is 2. The smallest absolute Gasteiger partial charge is 0.255 e. The van der Waals surface area contributed by atoms with Crippen LogP contribution in [0.3, 0.4) is 0 Å². The first-order valence-corrected chi connectivity index (χ1v) is 9.10. The molecule has 0 bridgehead atoms. The van der Waals surface area contributed by atoms with Crippen molar-refractivity contribution in [2.45, 2.75) is 26.2 Å². The number of hydrogen-bond donors (Lipinski definition) is 2. The van der Waals surface area contributed by atoms with Gasteiger partial charge in [-0.1, -0.05) is 11.6 Å². The van der Waals surface area contributed by atoms with Crippen molar-refractivity contribution >= 4 is 34.7 Å². The summed E-state index contributed by atoms with van der Waals surface area (Å²) in [5.74, 6) is 0.629. The fourth-order valence-electron chi connectivity index (χ4n) is 2.92. The highest BCUT2D eigenvalue weighted by Gasteiger charge is 2.18. The van der Waals surface area contributed by atoms with Gasteiger partial charge in [0.2, 0.25) is 0 Å². The number of amides is 1. The van der Waals surface area contributed by atoms with Gasteiger partial charge in [0.25, 0.3) is 5.91 Å². The summed E-state index contributed by atoms with van der Waals surface area (Å²) in [6.45, 7) is 1.83. The van der Waals surface area contributed by atoms with Gasteiger partial charge in [-0.3, -0.25) is 9.59 Å². The number of methoxy groups -OCH3 is 1. The Bertz CT molecular complexity index is 904. The Morgan fingerprint density at radius 3 is 2.52 bits per heavy atom. The second-order valence-electron chi connectivity index (χ2n) is 6.38. The van der Waals surface area contributed by atoms with Crippen LogP contribution in [0.15, 0.2) is 53.7 Å². The molecule has 0 aliphatic heterocycles. The lowest BCUT2D eigenvalue weighted by Crippen LogP contribution is -2.15. The van der Waals surface area contributed by atoms with Crippen LogP contribution in [0.1, 0.15) is 36.5 Å². The number of rotatable bonds is 5. The maximum Gasteiger partial charge on any atom is 0.255 e. The Morgan fingerprint density at radius 1 is 1.11 bits per heavy atom. The van der Waals surface area contributed by atoms with Gasteiger partial charge in [-0.25, -0.2) is 0 Å². The molecule has 27 heavy (non-hydrogen) atoms. The normalized spacial score (nSPS) is 14.1. The van der Waals surface area contributed by atoms with E-state index in [2.05, 4.69) is 10.6 Å². The molecule has 0 fully saturated rings. The quantitative estimate of drug-likeness (QED) is 0.757. The molecule has 0 heterocycles. The van der Waals surface area contributed by atoms with Gasteiger partial charge in [0.15, 0.2) is 5.78 Å². The number of ketones is 1. The molecule has 3 rings (SSSR count). The van der Waals surface area contributed by atoms with E-state index in [1.165, 1.54) is 0 Å². The molecule has 0 radical (unpaired) electrons. The average Bonchev–Trinajstić information content (AvgIpc) is 2.67. The summed E-state index contributed by atoms with van der Waals surface area (Å²) < 4.78 is 5.10. The largest absolute Gasteiger partial charge is 0.497 e. The highest BCUT2D eigenvalue weighted by molar-refractivity contribution is 6.33. The van der Waals surface area contributed by atoms with Crippen molar-refractivity contribution in [3.8, 4) is 5.75 Å². The monoisotopic (exact) mass is 384 g/mol. The van der Waals surface area contributed by atoms with Gasteiger partial charge >= 0.3 is 0 Å². The average molecular weight is 385 g/mol. The van der Waals surface area contributed by atoms with Crippen LogP contribution in [0.4, 0.5) is 11.4 Å². The minimum Gasteiger partial charge on any atom is -0.497 e. The van der Waals surface area contributed by atoms with Gasteiger partial charge in [-0.2, -0.15) is 0 Å². The Labute approximate surface area is 163 Å². The van der Waals surface area contributed by atoms with Crippen molar-refractivity contribution in [3.05, 3.63) is 64.3 Å². The van der Waals surface area contributed by atoms with E-state index in [0.717, 1.165) is 29.9 Å². The molecule has 1 aliphatic carbocycles. The molecule has 0 saturated heterocycles. The van der Waals surface area contributed by atoms with Crippen molar-refractivity contribution in [2.75, 3.05) is 17.7 Å². The molecule has 5 nitrogen and oxygen atoms in total. The van der Waals surface area contributed by atoms with Crippen molar-refractivity contribution in [1.82, 2.24) is 0 Å². The molecule has 0 atom stereocenters. The van der Waals surface area contributed by atoms with Crippen LogP contribution in [0.25, 0.3) is 0 Å². The first-order valence-electron chi connectivity index (χ1n) is 8.73. The molecule has 0 saturated carbocycles. The van der Waals surface area contributed by atoms with Crippen LogP contribution in [0, 0.1) is 0 Å². The van der Waals surface area contributed by atoms with Crippen LogP contribution in [-0.4, -0.2) is 18.8 Å². The highest BCUT2D eigenvalue weighted by Crippen LogP contribution is 2.29. The molecule has 0 unspecified atom stereocenters. The van der Waals surface area contributed by atoms with Crippen LogP contribution >= 0.6 is 11.6 Å². The molecule has 6 heteroatoms. The minimum absolute atomic E-state index is 0.162. The van der Waals surface area contributed by atoms with E-state index in [0.29, 0.717) is 28.4 Å². The Hall–Kier alpha value is -2.79. The Balaban J connectivity index is 1.72. The van der Waals surface area contributed by atoms with Crippen molar-refractivity contribution in [1.29, 1.82) is 0 Å². The second-order valence-corrected chi connectivity index (χ2v) is 6.79. The van der Waals surface area contributed by atoms with E-state index in [4.69, 9.17) is 16.3 Å². The predicted molar refractivity (Wildman–Crippen MR) is 108 cm³/mol. The van der Waals surface area contributed by atoms with Crippen LogP contribution < -0.4 is 15.4 Å². The Morgan fingerprint density at radius 2 is 1.85 bits per heavy atom. The van der Waals surface area contributed by atoms with Gasteiger partial charge < -0.3 is 15.4 Å². The van der Waals surface area contributed by atoms with Crippen LogP contribution in [0.2, 0.25) is 5.02 Å². The molecule has 1 aliphatic rings. The number of Topliss-reactive ketones (excluding diaryl/α,β-unsaturated/α-hetero) is 1. The number of carbonyl (C=O) groups excluding carboxylic acids is 2. The summed E-state index contributed by atoms with van der Waals surface area (Å²) in [5, 5.41) is 6.49. The minimum atomic E-state index is -0.253. The number of carbonyl (C=O) groups is 2. The summed E-state index contributed by atoms with van der Waals surface area (Å²) in [4.78, 5) is 24.3. The van der Waals surface area contributed by atoms with Gasteiger partial charge in [0.1, 0.15) is 5.75 Å². The molecule has 140 valence electrons. The molecular weight excluding hydrogens is 364 g/mol. The third-order valence-electron chi connectivity index (χ3n) is 4.57. The summed E-state index contributed by atoms with van der Waals surface area (Å²) >= 11 is 6.35. The summed E-state index contributed by atoms with van der Waals surface area (Å²) in [7, 11) is 1.59. The maximum atomic E-state index is 12.4. The summed E-state index contributed by atoms with van der Waals surface area (Å²) in [6, 6.07) is 12.2. The van der Waals surface area contributed by atoms with Crippen molar-refractivity contribution < 1.29 is 14.3 Å². The van der Waals surface area contributed by atoms with E-state index in [9.17, 15) is 9.59 Å². The number of halogens is 1. The summed E-state index contributed by atoms with van der Waals surface area (Å²) in [5.41, 5.74) is 3.44. The van der Waals surface area contributed by atoms with Crippen LogP contribution in [0.5, 0.6) is 5.75 Å². The molecular formula is C21H21ClN2O3. The van der Waals surface area contributed by atoms with E-state index in [-0.39, 0.29) is 11.7 Å². The number of allylic oxidation sites excluding steroid dienone is 2. The zero-order valence-corrected chi connectivity index (χ0v) is 16.0. The standard InChI is InChI=1S/C21H21ClN2O3/c1-13-18(4-3-5-20(13)25)24-19-11-6-14(12-17(19)22)21(26)23-15-7-9-16(27-2)10-8-15/h6-12,24H,3-5H2,1-2H3,(H,23,26). The van der Waals surface area contributed by atoms with Crippen molar-refractivity contribution in [2.24, 2.45) is 0 Å². The zero-order chi connectivity index (χ0) is 19.4. The van der Waals surface area contributed by atoms with E-state index in [1.54, 1.807) is 49.6 Å². The fourth-order valence-corrected chi connectivity index (χ4v) is 3.15. The number of anilines is 2. The van der Waals surface area contributed by atoms with Crippen molar-refractivity contribution in [3.63, 3.8) is 0 Å². The highest BCUT2D eigenvalue weighted by atomic mass is 35.5. The molecule has 2 N–H and O–H groups in total. The molecule has 2 aromatic carbocycles. The number of benzene rings is 2. The molecule has 0 aromatic heterocycles. The van der Waals surface area contributed by atoms with Gasteiger partial charge in [0.05, 0.1) is 17.8 Å². The maximum absolute atomic E-state index is 12.4. The van der Waals surface area contributed by atoms with E-state index in [1.807, 2.05) is 6.92 Å². The molecule has 1 amide bonds. The fraction of sp³-hybridized carbons (Fsp3) is 0.238. The lowest BCUT2D eigenvalue weighted by Gasteiger charge is -2.19. The SMILES string of the molecule is COc1ccc(NC(=O)c2ccc(NC3=C(C)C(=O)CCC3)c(Cl)c2)cc1. The zero-order valence-electron chi connectivity index (χ0n) is 15.3. The van der Waals surface area contributed by atoms with Gasteiger partial charge in [0, 0.05) is 28.9 Å². The predicted octanol–water partition coefficient (Wildman–Crippen LogP) is 5.04. The van der Waals surface area contributed by atoms with Gasteiger partial charge in [-0.15, -0.1) is 0 Å². The molecule has 2 aromatic rings. The topological polar surface area (TPSA) is 67.4 Å². The summed E-state index contributed by atoms with van der Waals surface area (Å²) in [6.07, 6.45) is 2.24. The number of ether oxygens (including phenoxy) is 1. The first kappa shape index (κ1) is 19.0. The van der Waals surface area contributed by atoms with E-state index < -0.39 is 0 Å². The second kappa shape index (κ2) is 8.27. The Kier molecular flexibility index (Phi) is 5.81. The first-order chi connectivity index (χ1) is 13.0. The lowest BCUT2D eigenvalue weighted by molar-refractivity contribution is -0.116.